The van der Waals surface area contributed by atoms with Gasteiger partial charge in [-0.2, -0.15) is 0 Å². The zero-order chi connectivity index (χ0) is 15.8. The molecule has 1 aliphatic heterocycles. The van der Waals surface area contributed by atoms with Crippen molar-refractivity contribution in [3.63, 3.8) is 0 Å². The van der Waals surface area contributed by atoms with Gasteiger partial charge in [-0.3, -0.25) is 0 Å². The molecule has 0 amide bonds. The Morgan fingerprint density at radius 2 is 2.00 bits per heavy atom. The van der Waals surface area contributed by atoms with Crippen molar-refractivity contribution < 1.29 is 13.2 Å². The van der Waals surface area contributed by atoms with Gasteiger partial charge in [-0.15, -0.1) is 0 Å². The van der Waals surface area contributed by atoms with Crippen LogP contribution >= 0.6 is 0 Å². The summed E-state index contributed by atoms with van der Waals surface area (Å²) in [5, 5.41) is 0. The number of benzene rings is 1. The van der Waals surface area contributed by atoms with Crippen LogP contribution in [0.2, 0.25) is 0 Å². The molecule has 0 fully saturated rings. The molecule has 0 N–H and O–H groups in total. The lowest BCUT2D eigenvalue weighted by Crippen LogP contribution is -2.30. The number of hydrogen-bond acceptors (Lipinski definition) is 4. The first kappa shape index (κ1) is 13.9. The molecule has 0 radical (unpaired) electrons. The summed E-state index contributed by atoms with van der Waals surface area (Å²) >= 11 is 0. The predicted octanol–water partition coefficient (Wildman–Crippen LogP) is 3.58. The first-order chi connectivity index (χ1) is 11.2. The van der Waals surface area contributed by atoms with E-state index in [4.69, 9.17) is 4.42 Å². The lowest BCUT2D eigenvalue weighted by Gasteiger charge is -2.27. The molecule has 4 nitrogen and oxygen atoms in total. The molecule has 0 atom stereocenters. The number of oxazole rings is 1. The molecular formula is C17H13F2N3O. The number of halogens is 2. The van der Waals surface area contributed by atoms with E-state index in [1.165, 1.54) is 24.3 Å². The van der Waals surface area contributed by atoms with E-state index in [1.54, 1.807) is 6.07 Å². The third kappa shape index (κ3) is 2.67. The summed E-state index contributed by atoms with van der Waals surface area (Å²) in [5.41, 5.74) is 2.12. The second-order valence-electron chi connectivity index (χ2n) is 5.40. The quantitative estimate of drug-likeness (QED) is 0.725. The fourth-order valence-electron chi connectivity index (χ4n) is 2.70. The van der Waals surface area contributed by atoms with Gasteiger partial charge < -0.3 is 9.32 Å². The molecule has 1 aliphatic rings. The standard InChI is InChI=1S/C17H13F2N3O/c18-11-2-1-3-13(8-11)22-7-6-16-15(10-22)21-17(23-16)14-5-4-12(19)9-20-14/h1-5,8-9H,6-7,10H2. The van der Waals surface area contributed by atoms with Gasteiger partial charge in [-0.05, 0) is 30.3 Å². The highest BCUT2D eigenvalue weighted by Crippen LogP contribution is 2.28. The Bertz CT molecular complexity index is 845. The molecule has 6 heteroatoms. The molecule has 3 heterocycles. The SMILES string of the molecule is Fc1ccc(-c2nc3c(o2)CCN(c2cccc(F)c2)C3)nc1. The summed E-state index contributed by atoms with van der Waals surface area (Å²) in [6.45, 7) is 1.27. The van der Waals surface area contributed by atoms with Crippen LogP contribution < -0.4 is 4.90 Å². The van der Waals surface area contributed by atoms with E-state index in [2.05, 4.69) is 14.9 Å². The van der Waals surface area contributed by atoms with Crippen LogP contribution in [0.5, 0.6) is 0 Å². The number of nitrogens with zero attached hydrogens (tertiary/aromatic N) is 3. The van der Waals surface area contributed by atoms with Crippen LogP contribution in [0.25, 0.3) is 11.6 Å². The molecule has 0 saturated heterocycles. The normalized spacial score (nSPS) is 13.9. The molecule has 0 bridgehead atoms. The monoisotopic (exact) mass is 313 g/mol. The van der Waals surface area contributed by atoms with E-state index in [1.807, 2.05) is 6.07 Å². The van der Waals surface area contributed by atoms with Gasteiger partial charge in [-0.25, -0.2) is 18.7 Å². The van der Waals surface area contributed by atoms with E-state index in [9.17, 15) is 8.78 Å². The highest BCUT2D eigenvalue weighted by Gasteiger charge is 2.23. The molecular weight excluding hydrogens is 300 g/mol. The lowest BCUT2D eigenvalue weighted by atomic mass is 10.1. The Morgan fingerprint density at radius 1 is 1.09 bits per heavy atom. The third-order valence-corrected chi connectivity index (χ3v) is 3.85. The average Bonchev–Trinajstić information content (AvgIpc) is 2.98. The van der Waals surface area contributed by atoms with Crippen molar-refractivity contribution in [2.45, 2.75) is 13.0 Å². The number of fused-ring (bicyclic) bond motifs is 1. The Balaban J connectivity index is 1.62. The topological polar surface area (TPSA) is 42.2 Å². The van der Waals surface area contributed by atoms with Gasteiger partial charge in [0.2, 0.25) is 5.89 Å². The first-order valence-electron chi connectivity index (χ1n) is 7.30. The minimum absolute atomic E-state index is 0.260. The van der Waals surface area contributed by atoms with Gasteiger partial charge in [0.25, 0.3) is 0 Å². The van der Waals surface area contributed by atoms with Gasteiger partial charge in [0.1, 0.15) is 28.8 Å². The van der Waals surface area contributed by atoms with E-state index in [0.717, 1.165) is 29.9 Å². The number of anilines is 1. The van der Waals surface area contributed by atoms with Crippen LogP contribution in [-0.2, 0) is 13.0 Å². The lowest BCUT2D eigenvalue weighted by molar-refractivity contribution is 0.497. The minimum Gasteiger partial charge on any atom is -0.439 e. The number of rotatable bonds is 2. The molecule has 0 aliphatic carbocycles. The highest BCUT2D eigenvalue weighted by molar-refractivity contribution is 5.51. The van der Waals surface area contributed by atoms with Crippen LogP contribution in [0.15, 0.2) is 47.0 Å². The van der Waals surface area contributed by atoms with Crippen molar-refractivity contribution in [1.29, 1.82) is 0 Å². The second kappa shape index (κ2) is 5.46. The van der Waals surface area contributed by atoms with Gasteiger partial charge in [0.15, 0.2) is 0 Å². The molecule has 23 heavy (non-hydrogen) atoms. The predicted molar refractivity (Wildman–Crippen MR) is 80.8 cm³/mol. The maximum absolute atomic E-state index is 13.4. The van der Waals surface area contributed by atoms with Gasteiger partial charge in [0, 0.05) is 18.7 Å². The van der Waals surface area contributed by atoms with E-state index in [0.29, 0.717) is 24.6 Å². The van der Waals surface area contributed by atoms with Crippen molar-refractivity contribution in [2.75, 3.05) is 11.4 Å². The first-order valence-corrected chi connectivity index (χ1v) is 7.30. The largest absolute Gasteiger partial charge is 0.439 e. The molecule has 1 aromatic carbocycles. The fourth-order valence-corrected chi connectivity index (χ4v) is 2.70. The number of aromatic nitrogens is 2. The second-order valence-corrected chi connectivity index (χ2v) is 5.40. The van der Waals surface area contributed by atoms with Crippen LogP contribution in [0.1, 0.15) is 11.5 Å². The Labute approximate surface area is 131 Å². The summed E-state index contributed by atoms with van der Waals surface area (Å²) in [5.74, 6) is 0.530. The molecule has 0 unspecified atom stereocenters. The van der Waals surface area contributed by atoms with Crippen LogP contribution in [-0.4, -0.2) is 16.5 Å². The van der Waals surface area contributed by atoms with Crippen LogP contribution in [0, 0.1) is 11.6 Å². The summed E-state index contributed by atoms with van der Waals surface area (Å²) in [7, 11) is 0. The molecule has 2 aromatic heterocycles. The number of pyridine rings is 1. The Morgan fingerprint density at radius 3 is 2.78 bits per heavy atom. The Hall–Kier alpha value is -2.76. The highest BCUT2D eigenvalue weighted by atomic mass is 19.1. The summed E-state index contributed by atoms with van der Waals surface area (Å²) in [6, 6.07) is 9.36. The van der Waals surface area contributed by atoms with Gasteiger partial charge in [-0.1, -0.05) is 6.07 Å². The zero-order valence-corrected chi connectivity index (χ0v) is 12.2. The summed E-state index contributed by atoms with van der Waals surface area (Å²) < 4.78 is 32.1. The molecule has 3 aromatic rings. The van der Waals surface area contributed by atoms with Crippen LogP contribution in [0.4, 0.5) is 14.5 Å². The maximum atomic E-state index is 13.4. The smallest absolute Gasteiger partial charge is 0.245 e. The van der Waals surface area contributed by atoms with Crippen molar-refractivity contribution in [1.82, 2.24) is 9.97 Å². The maximum Gasteiger partial charge on any atom is 0.245 e. The van der Waals surface area contributed by atoms with Crippen molar-refractivity contribution in [3.05, 3.63) is 65.7 Å². The minimum atomic E-state index is -0.401. The molecule has 4 rings (SSSR count). The Kier molecular flexibility index (Phi) is 3.29. The summed E-state index contributed by atoms with van der Waals surface area (Å²) in [4.78, 5) is 10.5. The fraction of sp³-hybridized carbons (Fsp3) is 0.176. The van der Waals surface area contributed by atoms with Crippen molar-refractivity contribution in [3.8, 4) is 11.6 Å². The molecule has 0 spiro atoms. The van der Waals surface area contributed by atoms with Gasteiger partial charge >= 0.3 is 0 Å². The van der Waals surface area contributed by atoms with Crippen molar-refractivity contribution >= 4 is 5.69 Å². The average molecular weight is 313 g/mol. The number of hydrogen-bond donors (Lipinski definition) is 0. The van der Waals surface area contributed by atoms with E-state index < -0.39 is 5.82 Å². The van der Waals surface area contributed by atoms with Gasteiger partial charge in [0.05, 0.1) is 12.7 Å². The zero-order valence-electron chi connectivity index (χ0n) is 12.2. The molecule has 116 valence electrons. The summed E-state index contributed by atoms with van der Waals surface area (Å²) in [6.07, 6.45) is 1.82. The van der Waals surface area contributed by atoms with E-state index in [-0.39, 0.29) is 5.82 Å². The van der Waals surface area contributed by atoms with Crippen molar-refractivity contribution in [2.24, 2.45) is 0 Å². The van der Waals surface area contributed by atoms with Crippen LogP contribution in [0.3, 0.4) is 0 Å². The third-order valence-electron chi connectivity index (χ3n) is 3.85. The van der Waals surface area contributed by atoms with E-state index >= 15 is 0 Å². The molecule has 0 saturated carbocycles.